The molecule has 3 rings (SSSR count). The Hall–Kier alpha value is -3.61. The van der Waals surface area contributed by atoms with Crippen LogP contribution in [0.2, 0.25) is 0 Å². The molecule has 0 radical (unpaired) electrons. The molecule has 3 aromatic carbocycles. The number of alkyl halides is 3. The van der Waals surface area contributed by atoms with Gasteiger partial charge in [0.15, 0.2) is 11.5 Å². The number of benzene rings is 3. The molecule has 0 aliphatic heterocycles. The number of amides is 1. The van der Waals surface area contributed by atoms with Gasteiger partial charge < -0.3 is 14.6 Å². The Labute approximate surface area is 211 Å². The number of rotatable bonds is 8. The summed E-state index contributed by atoms with van der Waals surface area (Å²) in [5.41, 5.74) is 2.43. The van der Waals surface area contributed by atoms with Crippen molar-refractivity contribution in [3.05, 3.63) is 92.1 Å². The maximum absolute atomic E-state index is 12.8. The summed E-state index contributed by atoms with van der Waals surface area (Å²) in [7, 11) is 1.44. The number of carboxylic acid groups (broad SMARTS) is 1. The third-order valence-corrected chi connectivity index (χ3v) is 5.44. The first-order valence-corrected chi connectivity index (χ1v) is 11.0. The Bertz CT molecular complexity index is 1280. The largest absolute Gasteiger partial charge is 0.493 e. The van der Waals surface area contributed by atoms with Gasteiger partial charge in [-0.1, -0.05) is 18.2 Å². The lowest BCUT2D eigenvalue weighted by atomic mass is 10.1. The summed E-state index contributed by atoms with van der Waals surface area (Å²) in [6.07, 6.45) is -3.24. The van der Waals surface area contributed by atoms with Crippen molar-refractivity contribution in [1.82, 2.24) is 5.43 Å². The first kappa shape index (κ1) is 26.0. The average molecular weight is 598 g/mol. The molecule has 2 N–H and O–H groups in total. The number of carboxylic acids is 1. The minimum atomic E-state index is -4.56. The predicted molar refractivity (Wildman–Crippen MR) is 130 cm³/mol. The zero-order chi connectivity index (χ0) is 25.6. The molecule has 0 spiro atoms. The number of hydrogen-bond acceptors (Lipinski definition) is 5. The van der Waals surface area contributed by atoms with Gasteiger partial charge in [0.1, 0.15) is 6.61 Å². The van der Waals surface area contributed by atoms with Crippen molar-refractivity contribution >= 4 is 40.7 Å². The summed E-state index contributed by atoms with van der Waals surface area (Å²) in [5, 5.41) is 12.9. The van der Waals surface area contributed by atoms with E-state index in [2.05, 4.69) is 10.5 Å². The maximum Gasteiger partial charge on any atom is 0.416 e. The molecule has 0 atom stereocenters. The quantitative estimate of drug-likeness (QED) is 0.207. The van der Waals surface area contributed by atoms with Crippen LogP contribution in [0.5, 0.6) is 11.5 Å². The summed E-state index contributed by atoms with van der Waals surface area (Å²) < 4.78 is 50.4. The SMILES string of the molecule is COc1cc(C=NNC(=O)c2cccc(C(F)(F)F)c2)cc(I)c1OCc1cccc(C(=O)O)c1. The number of halogens is 4. The van der Waals surface area contributed by atoms with Crippen LogP contribution >= 0.6 is 22.6 Å². The minimum Gasteiger partial charge on any atom is -0.493 e. The van der Waals surface area contributed by atoms with Gasteiger partial charge in [0, 0.05) is 5.56 Å². The molecule has 11 heteroatoms. The van der Waals surface area contributed by atoms with Gasteiger partial charge in [-0.25, -0.2) is 10.2 Å². The lowest BCUT2D eigenvalue weighted by Crippen LogP contribution is -2.18. The van der Waals surface area contributed by atoms with Crippen molar-refractivity contribution in [2.45, 2.75) is 12.8 Å². The Kier molecular flexibility index (Phi) is 8.33. The summed E-state index contributed by atoms with van der Waals surface area (Å²) in [6, 6.07) is 13.7. The standard InChI is InChI=1S/C24H18F3IN2O5/c1-34-20-10-15(12-29-30-22(31)16-5-3-7-18(11-16)24(25,26)27)9-19(28)21(20)35-13-14-4-2-6-17(8-14)23(32)33/h2-12H,13H2,1H3,(H,30,31)(H,32,33). The average Bonchev–Trinajstić information content (AvgIpc) is 2.82. The number of carbonyl (C=O) groups is 2. The van der Waals surface area contributed by atoms with Gasteiger partial charge >= 0.3 is 12.1 Å². The molecule has 3 aromatic rings. The molecule has 0 aliphatic rings. The van der Waals surface area contributed by atoms with E-state index in [4.69, 9.17) is 14.6 Å². The number of nitrogens with one attached hydrogen (secondary N) is 1. The lowest BCUT2D eigenvalue weighted by molar-refractivity contribution is -0.137. The molecular weight excluding hydrogens is 580 g/mol. The van der Waals surface area contributed by atoms with E-state index < -0.39 is 23.6 Å². The summed E-state index contributed by atoms with van der Waals surface area (Å²) in [6.45, 7) is 0.105. The van der Waals surface area contributed by atoms with Crippen LogP contribution in [0.4, 0.5) is 13.2 Å². The zero-order valence-corrected chi connectivity index (χ0v) is 20.3. The van der Waals surface area contributed by atoms with Crippen molar-refractivity contribution in [2.75, 3.05) is 7.11 Å². The molecule has 182 valence electrons. The number of carbonyl (C=O) groups excluding carboxylic acids is 1. The highest BCUT2D eigenvalue weighted by atomic mass is 127. The van der Waals surface area contributed by atoms with Gasteiger partial charge in [0.25, 0.3) is 5.91 Å². The van der Waals surface area contributed by atoms with E-state index in [1.54, 1.807) is 24.3 Å². The van der Waals surface area contributed by atoms with E-state index >= 15 is 0 Å². The third-order valence-electron chi connectivity index (χ3n) is 4.64. The Morgan fingerprint density at radius 3 is 2.49 bits per heavy atom. The molecule has 1 amide bonds. The monoisotopic (exact) mass is 598 g/mol. The number of ether oxygens (including phenoxy) is 2. The summed E-state index contributed by atoms with van der Waals surface area (Å²) in [5.74, 6) is -1.03. The van der Waals surface area contributed by atoms with Crippen LogP contribution in [0.15, 0.2) is 65.8 Å². The van der Waals surface area contributed by atoms with Crippen molar-refractivity contribution in [2.24, 2.45) is 5.10 Å². The zero-order valence-electron chi connectivity index (χ0n) is 18.1. The highest BCUT2D eigenvalue weighted by molar-refractivity contribution is 14.1. The highest BCUT2D eigenvalue weighted by Crippen LogP contribution is 2.34. The maximum atomic E-state index is 12.8. The van der Waals surface area contributed by atoms with Gasteiger partial charge in [-0.3, -0.25) is 4.79 Å². The lowest BCUT2D eigenvalue weighted by Gasteiger charge is -2.14. The van der Waals surface area contributed by atoms with Crippen LogP contribution in [0.25, 0.3) is 0 Å². The van der Waals surface area contributed by atoms with E-state index in [1.807, 2.05) is 22.6 Å². The Morgan fingerprint density at radius 1 is 1.09 bits per heavy atom. The summed E-state index contributed by atoms with van der Waals surface area (Å²) in [4.78, 5) is 23.3. The van der Waals surface area contributed by atoms with Crippen LogP contribution in [0, 0.1) is 3.57 Å². The fourth-order valence-electron chi connectivity index (χ4n) is 2.97. The number of hydrazone groups is 1. The highest BCUT2D eigenvalue weighted by Gasteiger charge is 2.30. The van der Waals surface area contributed by atoms with Gasteiger partial charge in [-0.2, -0.15) is 18.3 Å². The Morgan fingerprint density at radius 2 is 1.80 bits per heavy atom. The van der Waals surface area contributed by atoms with Crippen LogP contribution in [-0.4, -0.2) is 30.3 Å². The van der Waals surface area contributed by atoms with Crippen molar-refractivity contribution < 1.29 is 37.3 Å². The van der Waals surface area contributed by atoms with Gasteiger partial charge in [-0.15, -0.1) is 0 Å². The van der Waals surface area contributed by atoms with E-state index in [0.717, 1.165) is 18.2 Å². The van der Waals surface area contributed by atoms with E-state index in [0.29, 0.717) is 26.2 Å². The molecular formula is C24H18F3IN2O5. The second-order valence-corrected chi connectivity index (χ2v) is 8.27. The fraction of sp³-hybridized carbons (Fsp3) is 0.125. The van der Waals surface area contributed by atoms with Crippen LogP contribution < -0.4 is 14.9 Å². The second-order valence-electron chi connectivity index (χ2n) is 7.11. The van der Waals surface area contributed by atoms with Crippen molar-refractivity contribution in [3.8, 4) is 11.5 Å². The molecule has 0 aromatic heterocycles. The molecule has 7 nitrogen and oxygen atoms in total. The normalized spacial score (nSPS) is 11.3. The molecule has 35 heavy (non-hydrogen) atoms. The molecule has 0 bridgehead atoms. The molecule has 0 heterocycles. The third kappa shape index (κ3) is 6.94. The fourth-order valence-corrected chi connectivity index (χ4v) is 3.75. The smallest absolute Gasteiger partial charge is 0.416 e. The molecule has 0 fully saturated rings. The number of nitrogens with zero attached hydrogens (tertiary/aromatic N) is 1. The second kappa shape index (κ2) is 11.2. The van der Waals surface area contributed by atoms with Crippen LogP contribution in [0.1, 0.15) is 37.4 Å². The van der Waals surface area contributed by atoms with Crippen LogP contribution in [0.3, 0.4) is 0 Å². The van der Waals surface area contributed by atoms with Gasteiger partial charge in [0.05, 0.1) is 28.0 Å². The van der Waals surface area contributed by atoms with Gasteiger partial charge in [0.2, 0.25) is 0 Å². The van der Waals surface area contributed by atoms with E-state index in [1.165, 1.54) is 31.5 Å². The number of aromatic carboxylic acids is 1. The molecule has 0 saturated carbocycles. The van der Waals surface area contributed by atoms with Crippen molar-refractivity contribution in [1.29, 1.82) is 0 Å². The van der Waals surface area contributed by atoms with Crippen molar-refractivity contribution in [3.63, 3.8) is 0 Å². The molecule has 0 unspecified atom stereocenters. The van der Waals surface area contributed by atoms with E-state index in [9.17, 15) is 22.8 Å². The molecule has 0 aliphatic carbocycles. The number of methoxy groups -OCH3 is 1. The molecule has 0 saturated heterocycles. The first-order chi connectivity index (χ1) is 16.6. The summed E-state index contributed by atoms with van der Waals surface area (Å²) >= 11 is 2.03. The van der Waals surface area contributed by atoms with Gasteiger partial charge in [-0.05, 0) is 76.2 Å². The topological polar surface area (TPSA) is 97.2 Å². The first-order valence-electron chi connectivity index (χ1n) is 9.91. The Balaban J connectivity index is 1.70. The van der Waals surface area contributed by atoms with E-state index in [-0.39, 0.29) is 17.7 Å². The predicted octanol–water partition coefficient (Wildman–Crippen LogP) is 5.36. The van der Waals surface area contributed by atoms with Crippen LogP contribution in [-0.2, 0) is 12.8 Å². The number of hydrogen-bond donors (Lipinski definition) is 2. The minimum absolute atomic E-state index is 0.105.